The second kappa shape index (κ2) is 11.0. The van der Waals surface area contributed by atoms with Gasteiger partial charge in [0.1, 0.15) is 5.75 Å². The standard InChI is InChI=1S/C19H26N2O2.C2HF3O2/c1-22-11-9-16-12-20(15-18-7-5-10-21(18)13-16)14-17-6-3-4-8-19(17)23-2;3-2(4,5)1(6)7/h3-8,10,16H,9,11-15H2,1-2H3;(H,6,7). The van der Waals surface area contributed by atoms with Crippen LogP contribution in [-0.4, -0.2) is 54.1 Å². The number of ether oxygens (including phenoxy) is 2. The number of aromatic nitrogens is 1. The van der Waals surface area contributed by atoms with Gasteiger partial charge in [-0.3, -0.25) is 4.90 Å². The van der Waals surface area contributed by atoms with E-state index >= 15 is 0 Å². The molecule has 1 atom stereocenters. The summed E-state index contributed by atoms with van der Waals surface area (Å²) in [6.07, 6.45) is -1.79. The summed E-state index contributed by atoms with van der Waals surface area (Å²) in [5.74, 6) is -1.17. The summed E-state index contributed by atoms with van der Waals surface area (Å²) in [6, 6.07) is 12.7. The first-order chi connectivity index (χ1) is 14.2. The summed E-state index contributed by atoms with van der Waals surface area (Å²) < 4.78 is 44.9. The molecule has 0 spiro atoms. The smallest absolute Gasteiger partial charge is 0.490 e. The van der Waals surface area contributed by atoms with E-state index in [2.05, 4.69) is 39.9 Å². The molecule has 1 aliphatic rings. The molecular weight excluding hydrogens is 401 g/mol. The zero-order valence-electron chi connectivity index (χ0n) is 17.1. The normalized spacial score (nSPS) is 16.8. The molecule has 1 aromatic heterocycles. The Hall–Kier alpha value is -2.52. The van der Waals surface area contributed by atoms with Crippen LogP contribution in [0.2, 0.25) is 0 Å². The molecule has 1 aliphatic heterocycles. The molecule has 1 N–H and O–H groups in total. The SMILES string of the molecule is COCCC1CN(Cc2ccccc2OC)Cc2cccn2C1.O=C(O)C(F)(F)F. The minimum atomic E-state index is -5.08. The van der Waals surface area contributed by atoms with E-state index in [9.17, 15) is 13.2 Å². The van der Waals surface area contributed by atoms with E-state index in [1.54, 1.807) is 14.2 Å². The predicted molar refractivity (Wildman–Crippen MR) is 105 cm³/mol. The molecule has 9 heteroatoms. The maximum atomic E-state index is 10.6. The van der Waals surface area contributed by atoms with Crippen molar-refractivity contribution in [1.82, 2.24) is 9.47 Å². The molecule has 166 valence electrons. The summed E-state index contributed by atoms with van der Waals surface area (Å²) >= 11 is 0. The fourth-order valence-electron chi connectivity index (χ4n) is 3.43. The second-order valence-corrected chi connectivity index (χ2v) is 7.08. The van der Waals surface area contributed by atoms with Crippen LogP contribution in [0.5, 0.6) is 5.75 Å². The highest BCUT2D eigenvalue weighted by molar-refractivity contribution is 5.73. The molecule has 0 saturated heterocycles. The summed E-state index contributed by atoms with van der Waals surface area (Å²) in [5.41, 5.74) is 2.64. The van der Waals surface area contributed by atoms with Gasteiger partial charge in [0, 0.05) is 57.3 Å². The number of carbonyl (C=O) groups is 1. The number of hydrogen-bond acceptors (Lipinski definition) is 4. The van der Waals surface area contributed by atoms with E-state index in [4.69, 9.17) is 19.4 Å². The Labute approximate surface area is 173 Å². The van der Waals surface area contributed by atoms with E-state index < -0.39 is 12.1 Å². The fraction of sp³-hybridized carbons (Fsp3) is 0.476. The summed E-state index contributed by atoms with van der Waals surface area (Å²) in [7, 11) is 3.53. The zero-order valence-corrected chi connectivity index (χ0v) is 17.1. The Balaban J connectivity index is 0.000000396. The zero-order chi connectivity index (χ0) is 22.1. The van der Waals surface area contributed by atoms with Gasteiger partial charge in [-0.15, -0.1) is 0 Å². The van der Waals surface area contributed by atoms with E-state index in [0.717, 1.165) is 45.0 Å². The van der Waals surface area contributed by atoms with E-state index in [0.29, 0.717) is 5.92 Å². The van der Waals surface area contributed by atoms with E-state index in [1.807, 2.05) is 12.1 Å². The predicted octanol–water partition coefficient (Wildman–Crippen LogP) is 3.80. The van der Waals surface area contributed by atoms with Gasteiger partial charge < -0.3 is 19.1 Å². The molecule has 3 rings (SSSR count). The molecule has 2 aromatic rings. The first-order valence-electron chi connectivity index (χ1n) is 9.52. The van der Waals surface area contributed by atoms with Crippen LogP contribution in [0.3, 0.4) is 0 Å². The number of carboxylic acid groups (broad SMARTS) is 1. The van der Waals surface area contributed by atoms with Gasteiger partial charge >= 0.3 is 12.1 Å². The van der Waals surface area contributed by atoms with Crippen molar-refractivity contribution in [1.29, 1.82) is 0 Å². The van der Waals surface area contributed by atoms with Gasteiger partial charge in [0.2, 0.25) is 0 Å². The number of hydrogen-bond donors (Lipinski definition) is 1. The maximum Gasteiger partial charge on any atom is 0.490 e. The van der Waals surface area contributed by atoms with Gasteiger partial charge in [0.05, 0.1) is 7.11 Å². The highest BCUT2D eigenvalue weighted by Gasteiger charge is 2.38. The summed E-state index contributed by atoms with van der Waals surface area (Å²) in [5, 5.41) is 7.12. The largest absolute Gasteiger partial charge is 0.496 e. The van der Waals surface area contributed by atoms with Gasteiger partial charge in [-0.1, -0.05) is 18.2 Å². The Kier molecular flexibility index (Phi) is 8.73. The molecule has 2 heterocycles. The number of halogens is 3. The van der Waals surface area contributed by atoms with Crippen molar-refractivity contribution in [2.45, 2.75) is 32.2 Å². The Morgan fingerprint density at radius 1 is 1.17 bits per heavy atom. The molecule has 0 aliphatic carbocycles. The first kappa shape index (κ1) is 23.8. The average Bonchev–Trinajstić information content (AvgIpc) is 3.05. The molecule has 0 radical (unpaired) electrons. The van der Waals surface area contributed by atoms with Crippen molar-refractivity contribution in [3.63, 3.8) is 0 Å². The lowest BCUT2D eigenvalue weighted by atomic mass is 10.1. The molecule has 6 nitrogen and oxygen atoms in total. The number of methoxy groups -OCH3 is 2. The minimum Gasteiger partial charge on any atom is -0.496 e. The second-order valence-electron chi connectivity index (χ2n) is 7.08. The van der Waals surface area contributed by atoms with Crippen molar-refractivity contribution >= 4 is 5.97 Å². The molecule has 0 amide bonds. The van der Waals surface area contributed by atoms with Crippen LogP contribution >= 0.6 is 0 Å². The van der Waals surface area contributed by atoms with Crippen LogP contribution < -0.4 is 4.74 Å². The highest BCUT2D eigenvalue weighted by atomic mass is 19.4. The summed E-state index contributed by atoms with van der Waals surface area (Å²) in [4.78, 5) is 11.4. The molecule has 1 aromatic carbocycles. The minimum absolute atomic E-state index is 0.610. The Bertz CT molecular complexity index is 808. The van der Waals surface area contributed by atoms with Crippen LogP contribution in [0, 0.1) is 5.92 Å². The van der Waals surface area contributed by atoms with Crippen molar-refractivity contribution < 1.29 is 32.5 Å². The number of rotatable bonds is 6. The molecule has 0 fully saturated rings. The molecular formula is C21H27F3N2O4. The van der Waals surface area contributed by atoms with E-state index in [1.165, 1.54) is 11.3 Å². The molecule has 1 unspecified atom stereocenters. The number of para-hydroxylation sites is 1. The maximum absolute atomic E-state index is 10.6. The van der Waals surface area contributed by atoms with Crippen LogP contribution in [0.1, 0.15) is 17.7 Å². The lowest BCUT2D eigenvalue weighted by Crippen LogP contribution is -2.28. The quantitative estimate of drug-likeness (QED) is 0.758. The van der Waals surface area contributed by atoms with Crippen LogP contribution in [0.25, 0.3) is 0 Å². The molecule has 0 bridgehead atoms. The van der Waals surface area contributed by atoms with E-state index in [-0.39, 0.29) is 0 Å². The highest BCUT2D eigenvalue weighted by Crippen LogP contribution is 2.24. The van der Waals surface area contributed by atoms with Gasteiger partial charge in [-0.25, -0.2) is 4.79 Å². The number of nitrogens with zero attached hydrogens (tertiary/aromatic N) is 2. The fourth-order valence-corrected chi connectivity index (χ4v) is 3.43. The van der Waals surface area contributed by atoms with Crippen molar-refractivity contribution in [2.24, 2.45) is 5.92 Å². The van der Waals surface area contributed by atoms with Crippen LogP contribution in [-0.2, 0) is 29.2 Å². The molecule has 30 heavy (non-hydrogen) atoms. The monoisotopic (exact) mass is 428 g/mol. The Morgan fingerprint density at radius 3 is 2.50 bits per heavy atom. The third-order valence-electron chi connectivity index (χ3n) is 4.84. The lowest BCUT2D eigenvalue weighted by molar-refractivity contribution is -0.192. The van der Waals surface area contributed by atoms with Crippen molar-refractivity contribution in [3.05, 3.63) is 53.9 Å². The molecule has 0 saturated carbocycles. The third kappa shape index (κ3) is 7.07. The lowest BCUT2D eigenvalue weighted by Gasteiger charge is -2.24. The number of alkyl halides is 3. The number of benzene rings is 1. The van der Waals surface area contributed by atoms with Crippen molar-refractivity contribution in [2.75, 3.05) is 27.4 Å². The van der Waals surface area contributed by atoms with Gasteiger partial charge in [0.15, 0.2) is 0 Å². The van der Waals surface area contributed by atoms with Crippen LogP contribution in [0.15, 0.2) is 42.6 Å². The van der Waals surface area contributed by atoms with Gasteiger partial charge in [-0.05, 0) is 30.5 Å². The average molecular weight is 428 g/mol. The first-order valence-corrected chi connectivity index (χ1v) is 9.52. The van der Waals surface area contributed by atoms with Gasteiger partial charge in [0.25, 0.3) is 0 Å². The van der Waals surface area contributed by atoms with Gasteiger partial charge in [-0.2, -0.15) is 13.2 Å². The van der Waals surface area contributed by atoms with Crippen molar-refractivity contribution in [3.8, 4) is 5.75 Å². The van der Waals surface area contributed by atoms with Crippen LogP contribution in [0.4, 0.5) is 13.2 Å². The number of carboxylic acids is 1. The third-order valence-corrected chi connectivity index (χ3v) is 4.84. The Morgan fingerprint density at radius 2 is 1.87 bits per heavy atom. The number of aliphatic carboxylic acids is 1. The topological polar surface area (TPSA) is 63.9 Å². The number of fused-ring (bicyclic) bond motifs is 1. The summed E-state index contributed by atoms with van der Waals surface area (Å²) in [6.45, 7) is 4.88.